The Morgan fingerprint density at radius 1 is 1.36 bits per heavy atom. The van der Waals surface area contributed by atoms with Gasteiger partial charge in [-0.25, -0.2) is 4.21 Å². The SMILES string of the molecule is N#CSCCC1=NS(=O)N=C1SC#N. The highest BCUT2D eigenvalue weighted by atomic mass is 32.2. The van der Waals surface area contributed by atoms with Gasteiger partial charge in [0.25, 0.3) is 11.2 Å². The van der Waals surface area contributed by atoms with Crippen LogP contribution < -0.4 is 0 Å². The summed E-state index contributed by atoms with van der Waals surface area (Å²) in [4.78, 5) is 0. The van der Waals surface area contributed by atoms with Crippen molar-refractivity contribution in [3.05, 3.63) is 0 Å². The molecule has 1 aliphatic rings. The third-order valence-electron chi connectivity index (χ3n) is 1.24. The lowest BCUT2D eigenvalue weighted by atomic mass is 10.3. The number of hydrogen-bond donors (Lipinski definition) is 0. The van der Waals surface area contributed by atoms with Gasteiger partial charge in [-0.3, -0.25) is 0 Å². The van der Waals surface area contributed by atoms with Gasteiger partial charge in [-0.05, 0) is 11.8 Å². The second-order valence-electron chi connectivity index (χ2n) is 2.05. The van der Waals surface area contributed by atoms with E-state index in [-0.39, 0.29) is 0 Å². The Bertz CT molecular complexity index is 389. The molecule has 0 aromatic rings. The summed E-state index contributed by atoms with van der Waals surface area (Å²) in [5.41, 5.74) is 0.553. The monoisotopic (exact) mass is 244 g/mol. The van der Waals surface area contributed by atoms with Gasteiger partial charge in [0.2, 0.25) is 0 Å². The zero-order valence-electron chi connectivity index (χ0n) is 6.84. The number of nitrogens with zero attached hydrogens (tertiary/aromatic N) is 4. The summed E-state index contributed by atoms with van der Waals surface area (Å²) in [5.74, 6) is 0.567. The van der Waals surface area contributed by atoms with Gasteiger partial charge in [-0.2, -0.15) is 19.3 Å². The van der Waals surface area contributed by atoms with Crippen LogP contribution in [0.3, 0.4) is 0 Å². The Balaban J connectivity index is 2.57. The van der Waals surface area contributed by atoms with Crippen LogP contribution in [-0.4, -0.2) is 20.7 Å². The lowest BCUT2D eigenvalue weighted by molar-refractivity contribution is 0.686. The first-order chi connectivity index (χ1) is 6.77. The van der Waals surface area contributed by atoms with E-state index in [9.17, 15) is 4.21 Å². The van der Waals surface area contributed by atoms with Gasteiger partial charge in [0, 0.05) is 23.9 Å². The van der Waals surface area contributed by atoms with Gasteiger partial charge in [0.05, 0.1) is 5.71 Å². The Kier molecular flexibility index (Phi) is 4.66. The summed E-state index contributed by atoms with van der Waals surface area (Å²) in [6.45, 7) is 0. The van der Waals surface area contributed by atoms with Gasteiger partial charge in [0.15, 0.2) is 0 Å². The smallest absolute Gasteiger partial charge is 0.209 e. The molecule has 0 aromatic heterocycles. The van der Waals surface area contributed by atoms with Crippen LogP contribution in [0.1, 0.15) is 6.42 Å². The van der Waals surface area contributed by atoms with Gasteiger partial charge in [-0.1, -0.05) is 0 Å². The highest BCUT2D eigenvalue weighted by Crippen LogP contribution is 2.16. The highest BCUT2D eigenvalue weighted by Gasteiger charge is 2.18. The van der Waals surface area contributed by atoms with Crippen molar-refractivity contribution in [3.8, 4) is 10.8 Å². The van der Waals surface area contributed by atoms with Crippen LogP contribution >= 0.6 is 23.5 Å². The van der Waals surface area contributed by atoms with Gasteiger partial charge in [0.1, 0.15) is 15.8 Å². The molecule has 1 atom stereocenters. The topological polar surface area (TPSA) is 89.4 Å². The summed E-state index contributed by atoms with van der Waals surface area (Å²) >= 11 is 0.365. The zero-order chi connectivity index (χ0) is 10.4. The van der Waals surface area contributed by atoms with E-state index in [1.807, 2.05) is 10.8 Å². The van der Waals surface area contributed by atoms with E-state index >= 15 is 0 Å². The van der Waals surface area contributed by atoms with Crippen molar-refractivity contribution < 1.29 is 4.21 Å². The number of thiocyanates is 2. The highest BCUT2D eigenvalue weighted by molar-refractivity contribution is 8.20. The van der Waals surface area contributed by atoms with Crippen LogP contribution in [0.2, 0.25) is 0 Å². The fraction of sp³-hybridized carbons (Fsp3) is 0.333. The fourth-order valence-corrected chi connectivity index (χ4v) is 2.54. The first-order valence-corrected chi connectivity index (χ1v) is 6.30. The van der Waals surface area contributed by atoms with Crippen molar-refractivity contribution >= 4 is 45.5 Å². The van der Waals surface area contributed by atoms with Crippen molar-refractivity contribution in [2.45, 2.75) is 6.42 Å². The predicted molar refractivity (Wildman–Crippen MR) is 58.9 cm³/mol. The van der Waals surface area contributed by atoms with Crippen molar-refractivity contribution in [1.82, 2.24) is 0 Å². The summed E-state index contributed by atoms with van der Waals surface area (Å²) in [7, 11) is 0. The van der Waals surface area contributed by atoms with Gasteiger partial charge >= 0.3 is 0 Å². The molecule has 1 heterocycles. The van der Waals surface area contributed by atoms with Crippen LogP contribution in [0.5, 0.6) is 0 Å². The van der Waals surface area contributed by atoms with Crippen molar-refractivity contribution in [3.63, 3.8) is 0 Å². The molecule has 0 spiro atoms. The molecule has 14 heavy (non-hydrogen) atoms. The third-order valence-corrected chi connectivity index (χ3v) is 3.22. The van der Waals surface area contributed by atoms with E-state index in [1.54, 1.807) is 0 Å². The molecule has 0 saturated carbocycles. The Labute approximate surface area is 92.0 Å². The van der Waals surface area contributed by atoms with Gasteiger partial charge < -0.3 is 0 Å². The molecule has 0 aromatic carbocycles. The molecular formula is C6H4N4OS3. The molecule has 0 amide bonds. The lowest BCUT2D eigenvalue weighted by Gasteiger charge is -1.95. The van der Waals surface area contributed by atoms with E-state index in [4.69, 9.17) is 10.5 Å². The van der Waals surface area contributed by atoms with E-state index in [0.29, 0.717) is 22.9 Å². The van der Waals surface area contributed by atoms with Crippen molar-refractivity contribution in [2.75, 3.05) is 5.75 Å². The number of nitriles is 2. The third kappa shape index (κ3) is 3.14. The molecule has 0 N–H and O–H groups in total. The molecule has 0 aliphatic carbocycles. The molecule has 1 unspecified atom stereocenters. The van der Waals surface area contributed by atoms with Crippen LogP contribution in [-0.2, 0) is 11.2 Å². The minimum Gasteiger partial charge on any atom is -0.209 e. The number of rotatable bonds is 3. The van der Waals surface area contributed by atoms with Crippen LogP contribution in [0.4, 0.5) is 0 Å². The molecule has 0 radical (unpaired) electrons. The molecule has 0 bridgehead atoms. The van der Waals surface area contributed by atoms with E-state index in [0.717, 1.165) is 23.5 Å². The van der Waals surface area contributed by atoms with E-state index in [2.05, 4.69) is 8.80 Å². The summed E-state index contributed by atoms with van der Waals surface area (Å²) in [6.07, 6.45) is 0.511. The molecule has 1 rings (SSSR count). The van der Waals surface area contributed by atoms with E-state index in [1.165, 1.54) is 0 Å². The van der Waals surface area contributed by atoms with Crippen LogP contribution in [0, 0.1) is 21.3 Å². The summed E-state index contributed by atoms with van der Waals surface area (Å²) in [5, 5.41) is 20.9. The first-order valence-electron chi connectivity index (χ1n) is 3.43. The number of thioether (sulfide) groups is 2. The fourth-order valence-electron chi connectivity index (χ4n) is 0.744. The molecule has 72 valence electrons. The second-order valence-corrected chi connectivity index (χ2v) is 4.53. The van der Waals surface area contributed by atoms with Gasteiger partial charge in [-0.15, -0.1) is 0 Å². The second kappa shape index (κ2) is 5.81. The maximum absolute atomic E-state index is 10.9. The number of hydrogen-bond acceptors (Lipinski definition) is 5. The molecule has 1 aliphatic heterocycles. The average Bonchev–Trinajstić information content (AvgIpc) is 2.48. The molecule has 0 fully saturated rings. The Morgan fingerprint density at radius 2 is 2.14 bits per heavy atom. The van der Waals surface area contributed by atoms with E-state index < -0.39 is 11.2 Å². The van der Waals surface area contributed by atoms with Crippen molar-refractivity contribution in [1.29, 1.82) is 10.5 Å². The predicted octanol–water partition coefficient (Wildman–Crippen LogP) is 1.24. The summed E-state index contributed by atoms with van der Waals surface area (Å²) < 4.78 is 18.3. The largest absolute Gasteiger partial charge is 0.267 e. The van der Waals surface area contributed by atoms with Crippen molar-refractivity contribution in [2.24, 2.45) is 8.80 Å². The first kappa shape index (κ1) is 11.2. The molecule has 8 heteroatoms. The molecular weight excluding hydrogens is 240 g/mol. The quantitative estimate of drug-likeness (QED) is 0.550. The minimum absolute atomic E-state index is 0.407. The lowest BCUT2D eigenvalue weighted by Crippen LogP contribution is -2.07. The Hall–Kier alpha value is -0.830. The average molecular weight is 244 g/mol. The summed E-state index contributed by atoms with van der Waals surface area (Å²) in [6, 6.07) is 0. The Morgan fingerprint density at radius 3 is 2.79 bits per heavy atom. The van der Waals surface area contributed by atoms with Crippen LogP contribution in [0.25, 0.3) is 0 Å². The maximum atomic E-state index is 10.9. The maximum Gasteiger partial charge on any atom is 0.267 e. The molecule has 5 nitrogen and oxygen atoms in total. The standard InChI is InChI=1S/C6H4N4OS3/c7-3-12-2-1-5-6(13-4-8)10-14(11)9-5/h1-2H2. The zero-order valence-corrected chi connectivity index (χ0v) is 9.29. The normalized spacial score (nSPS) is 19.4. The van der Waals surface area contributed by atoms with Crippen LogP contribution in [0.15, 0.2) is 8.80 Å². The minimum atomic E-state index is -1.58. The molecule has 0 saturated heterocycles.